The van der Waals surface area contributed by atoms with Crippen molar-refractivity contribution in [2.75, 3.05) is 19.8 Å². The van der Waals surface area contributed by atoms with Gasteiger partial charge in [-0.05, 0) is 24.6 Å². The first kappa shape index (κ1) is 16.0. The maximum Gasteiger partial charge on any atom is 0.244 e. The van der Waals surface area contributed by atoms with E-state index in [1.165, 1.54) is 6.07 Å². The fraction of sp³-hybridized carbons (Fsp3) is 0.455. The number of hydrogen-bond acceptors (Lipinski definition) is 5. The van der Waals surface area contributed by atoms with Gasteiger partial charge in [0.2, 0.25) is 10.0 Å². The van der Waals surface area contributed by atoms with Crippen molar-refractivity contribution in [3.05, 3.63) is 29.6 Å². The summed E-state index contributed by atoms with van der Waals surface area (Å²) in [7, 11) is -4.31. The van der Waals surface area contributed by atoms with Gasteiger partial charge < -0.3 is 15.3 Å². The molecule has 6 nitrogen and oxygen atoms in total. The van der Waals surface area contributed by atoms with E-state index in [1.807, 2.05) is 4.72 Å². The highest BCUT2D eigenvalue weighted by Crippen LogP contribution is 2.18. The van der Waals surface area contributed by atoms with Crippen molar-refractivity contribution in [1.29, 1.82) is 0 Å². The molecule has 19 heavy (non-hydrogen) atoms. The van der Waals surface area contributed by atoms with E-state index < -0.39 is 46.1 Å². The molecular weight excluding hydrogens is 277 g/mol. The van der Waals surface area contributed by atoms with Gasteiger partial charge in [-0.3, -0.25) is 0 Å². The van der Waals surface area contributed by atoms with Gasteiger partial charge >= 0.3 is 0 Å². The van der Waals surface area contributed by atoms with E-state index in [9.17, 15) is 12.8 Å². The van der Waals surface area contributed by atoms with Gasteiger partial charge in [0.15, 0.2) is 0 Å². The van der Waals surface area contributed by atoms with Crippen LogP contribution in [0.3, 0.4) is 0 Å². The molecule has 0 bridgehead atoms. The Balaban J connectivity index is 3.21. The Morgan fingerprint density at radius 2 is 1.74 bits per heavy atom. The Labute approximate surface area is 110 Å². The molecule has 0 aliphatic carbocycles. The zero-order valence-electron chi connectivity index (χ0n) is 10.3. The van der Waals surface area contributed by atoms with Crippen LogP contribution in [-0.4, -0.2) is 49.1 Å². The molecule has 0 amide bonds. The van der Waals surface area contributed by atoms with Gasteiger partial charge in [0.25, 0.3) is 0 Å². The largest absolute Gasteiger partial charge is 0.394 e. The minimum Gasteiger partial charge on any atom is -0.394 e. The highest BCUT2D eigenvalue weighted by molar-refractivity contribution is 7.89. The molecule has 0 aliphatic rings. The number of rotatable bonds is 6. The molecule has 108 valence electrons. The summed E-state index contributed by atoms with van der Waals surface area (Å²) in [4.78, 5) is -0.604. The van der Waals surface area contributed by atoms with E-state index in [0.717, 1.165) is 12.1 Å². The van der Waals surface area contributed by atoms with Gasteiger partial charge in [-0.2, -0.15) is 4.72 Å². The summed E-state index contributed by atoms with van der Waals surface area (Å²) >= 11 is 0. The molecule has 0 saturated carbocycles. The second-order valence-electron chi connectivity index (χ2n) is 4.29. The number of nitrogens with one attached hydrogen (secondary N) is 1. The van der Waals surface area contributed by atoms with Crippen molar-refractivity contribution in [1.82, 2.24) is 4.72 Å². The molecule has 0 radical (unpaired) electrons. The third-order valence-corrected chi connectivity index (χ3v) is 4.23. The summed E-state index contributed by atoms with van der Waals surface area (Å²) in [5.41, 5.74) is -1.31. The molecule has 0 spiro atoms. The van der Waals surface area contributed by atoms with Crippen LogP contribution >= 0.6 is 0 Å². The monoisotopic (exact) mass is 293 g/mol. The predicted octanol–water partition coefficient (Wildman–Crippen LogP) is -0.872. The summed E-state index contributed by atoms with van der Waals surface area (Å²) in [6, 6.07) is 3.53. The number of benzene rings is 1. The van der Waals surface area contributed by atoms with Crippen LogP contribution in [0.25, 0.3) is 0 Å². The molecule has 4 N–H and O–H groups in total. The molecule has 1 rings (SSSR count). The Morgan fingerprint density at radius 1 is 1.21 bits per heavy atom. The Hall–Kier alpha value is -1.06. The molecule has 0 saturated heterocycles. The summed E-state index contributed by atoms with van der Waals surface area (Å²) in [6.07, 6.45) is 0. The van der Waals surface area contributed by atoms with E-state index in [-0.39, 0.29) is 0 Å². The fourth-order valence-corrected chi connectivity index (χ4v) is 2.94. The molecule has 0 aromatic heterocycles. The zero-order chi connectivity index (χ0) is 14.7. The lowest BCUT2D eigenvalue weighted by atomic mass is 10.1. The lowest BCUT2D eigenvalue weighted by molar-refractivity contribution is 0.0581. The first-order valence-electron chi connectivity index (χ1n) is 5.43. The van der Waals surface area contributed by atoms with Crippen molar-refractivity contribution in [2.45, 2.75) is 17.4 Å². The summed E-state index contributed by atoms with van der Waals surface area (Å²) < 4.78 is 39.5. The van der Waals surface area contributed by atoms with E-state index >= 15 is 0 Å². The van der Waals surface area contributed by atoms with E-state index in [1.54, 1.807) is 6.92 Å². The van der Waals surface area contributed by atoms with Crippen molar-refractivity contribution in [3.8, 4) is 0 Å². The summed E-state index contributed by atoms with van der Waals surface area (Å²) in [6.45, 7) is -0.887. The lowest BCUT2D eigenvalue weighted by Gasteiger charge is -2.28. The first-order valence-corrected chi connectivity index (χ1v) is 6.91. The van der Waals surface area contributed by atoms with Crippen LogP contribution in [0, 0.1) is 12.7 Å². The number of aliphatic hydroxyl groups excluding tert-OH is 3. The van der Waals surface area contributed by atoms with Gasteiger partial charge in [-0.25, -0.2) is 12.8 Å². The van der Waals surface area contributed by atoms with Gasteiger partial charge in [-0.1, -0.05) is 6.07 Å². The van der Waals surface area contributed by atoms with Gasteiger partial charge in [0, 0.05) is 0 Å². The average molecular weight is 293 g/mol. The summed E-state index contributed by atoms with van der Waals surface area (Å²) in [5, 5.41) is 27.2. The average Bonchev–Trinajstić information content (AvgIpc) is 2.39. The van der Waals surface area contributed by atoms with Gasteiger partial charge in [0.1, 0.15) is 16.3 Å². The SMILES string of the molecule is Cc1ccc(F)c(S(=O)(=O)NC(CO)(CO)CO)c1. The van der Waals surface area contributed by atoms with Crippen molar-refractivity contribution >= 4 is 10.0 Å². The van der Waals surface area contributed by atoms with Crippen LogP contribution < -0.4 is 4.72 Å². The highest BCUT2D eigenvalue weighted by Gasteiger charge is 2.35. The maximum absolute atomic E-state index is 13.5. The maximum atomic E-state index is 13.5. The fourth-order valence-electron chi connectivity index (χ4n) is 1.40. The van der Waals surface area contributed by atoms with Crippen molar-refractivity contribution in [2.24, 2.45) is 0 Å². The second-order valence-corrected chi connectivity index (χ2v) is 5.94. The van der Waals surface area contributed by atoms with Crippen LogP contribution in [-0.2, 0) is 10.0 Å². The topological polar surface area (TPSA) is 107 Å². The molecule has 1 aromatic carbocycles. The minimum atomic E-state index is -4.31. The molecule has 0 atom stereocenters. The number of aryl methyl sites for hydroxylation is 1. The van der Waals surface area contributed by atoms with E-state index in [0.29, 0.717) is 5.56 Å². The zero-order valence-corrected chi connectivity index (χ0v) is 11.1. The van der Waals surface area contributed by atoms with Gasteiger partial charge in [0.05, 0.1) is 19.8 Å². The first-order chi connectivity index (χ1) is 8.80. The molecular formula is C11H16FNO5S. The van der Waals surface area contributed by atoms with Crippen molar-refractivity contribution < 1.29 is 28.1 Å². The normalized spacial score (nSPS) is 12.7. The quantitative estimate of drug-likeness (QED) is 0.545. The van der Waals surface area contributed by atoms with Crippen LogP contribution in [0.1, 0.15) is 5.56 Å². The van der Waals surface area contributed by atoms with Crippen LogP contribution in [0.5, 0.6) is 0 Å². The third kappa shape index (κ3) is 3.48. The van der Waals surface area contributed by atoms with E-state index in [2.05, 4.69) is 0 Å². The second kappa shape index (κ2) is 5.93. The Morgan fingerprint density at radius 3 is 2.21 bits per heavy atom. The number of hydrogen-bond donors (Lipinski definition) is 4. The predicted molar refractivity (Wildman–Crippen MR) is 65.4 cm³/mol. The molecule has 0 aliphatic heterocycles. The molecule has 0 unspecified atom stereocenters. The number of sulfonamides is 1. The van der Waals surface area contributed by atoms with E-state index in [4.69, 9.17) is 15.3 Å². The van der Waals surface area contributed by atoms with Crippen LogP contribution in [0.4, 0.5) is 4.39 Å². The molecule has 8 heteroatoms. The highest BCUT2D eigenvalue weighted by atomic mass is 32.2. The van der Waals surface area contributed by atoms with Crippen LogP contribution in [0.15, 0.2) is 23.1 Å². The molecule has 0 fully saturated rings. The standard InChI is InChI=1S/C11H16FNO5S/c1-8-2-3-9(12)10(4-8)19(17,18)13-11(5-14,6-15)7-16/h2-4,13-16H,5-7H2,1H3. The molecule has 0 heterocycles. The number of aliphatic hydroxyl groups is 3. The lowest BCUT2D eigenvalue weighted by Crippen LogP contribution is -2.56. The van der Waals surface area contributed by atoms with Crippen molar-refractivity contribution in [3.63, 3.8) is 0 Å². The van der Waals surface area contributed by atoms with Gasteiger partial charge in [-0.15, -0.1) is 0 Å². The molecule has 1 aromatic rings. The summed E-state index contributed by atoms with van der Waals surface area (Å²) in [5.74, 6) is -0.958. The Kier molecular flexibility index (Phi) is 4.99. The smallest absolute Gasteiger partial charge is 0.244 e. The minimum absolute atomic E-state index is 0.532. The third-order valence-electron chi connectivity index (χ3n) is 2.64. The van der Waals surface area contributed by atoms with Crippen LogP contribution in [0.2, 0.25) is 0 Å². The Bertz CT molecular complexity index is 534. The number of halogens is 1.